The number of amides is 2. The zero-order valence-electron chi connectivity index (χ0n) is 15.2. The smallest absolute Gasteiger partial charge is 0.338 e. The third-order valence-corrected chi connectivity index (χ3v) is 5.05. The Labute approximate surface area is 157 Å². The molecule has 0 bridgehead atoms. The number of allylic oxidation sites excluding steroid dienone is 1. The van der Waals surface area contributed by atoms with E-state index in [2.05, 4.69) is 10.6 Å². The average molecular weight is 366 g/mol. The van der Waals surface area contributed by atoms with Crippen LogP contribution in [0.5, 0.6) is 0 Å². The lowest BCUT2D eigenvalue weighted by Gasteiger charge is -2.29. The molecule has 0 aliphatic carbocycles. The second kappa shape index (κ2) is 7.40. The molecule has 2 unspecified atom stereocenters. The van der Waals surface area contributed by atoms with E-state index in [1.807, 2.05) is 42.5 Å². The molecule has 1 fully saturated rings. The first-order chi connectivity index (χ1) is 13.1. The van der Waals surface area contributed by atoms with Crippen molar-refractivity contribution in [1.82, 2.24) is 10.6 Å². The SMILES string of the molecule is CC1=C(C(=O)OCC2CCCO2)C(c2cccc3ccccc23)NC(=O)N1. The van der Waals surface area contributed by atoms with Crippen molar-refractivity contribution in [3.05, 3.63) is 59.3 Å². The fraction of sp³-hybridized carbons (Fsp3) is 0.333. The maximum Gasteiger partial charge on any atom is 0.338 e. The fourth-order valence-electron chi connectivity index (χ4n) is 3.72. The number of benzene rings is 2. The molecule has 0 spiro atoms. The van der Waals surface area contributed by atoms with Crippen LogP contribution in [0.15, 0.2) is 53.7 Å². The zero-order valence-corrected chi connectivity index (χ0v) is 15.2. The van der Waals surface area contributed by atoms with E-state index in [0.717, 1.165) is 29.2 Å². The third-order valence-electron chi connectivity index (χ3n) is 5.05. The molecule has 2 amide bonds. The summed E-state index contributed by atoms with van der Waals surface area (Å²) in [7, 11) is 0. The number of hydrogen-bond donors (Lipinski definition) is 2. The topological polar surface area (TPSA) is 76.7 Å². The Morgan fingerprint density at radius 3 is 2.85 bits per heavy atom. The van der Waals surface area contributed by atoms with Crippen LogP contribution in [0.1, 0.15) is 31.4 Å². The minimum absolute atomic E-state index is 0.0444. The fourth-order valence-corrected chi connectivity index (χ4v) is 3.72. The molecule has 2 atom stereocenters. The van der Waals surface area contributed by atoms with Crippen molar-refractivity contribution in [1.29, 1.82) is 0 Å². The van der Waals surface area contributed by atoms with Gasteiger partial charge in [-0.05, 0) is 36.1 Å². The van der Waals surface area contributed by atoms with Gasteiger partial charge in [0.2, 0.25) is 0 Å². The van der Waals surface area contributed by atoms with Gasteiger partial charge in [0.15, 0.2) is 0 Å². The van der Waals surface area contributed by atoms with Crippen molar-refractivity contribution >= 4 is 22.8 Å². The van der Waals surface area contributed by atoms with Crippen molar-refractivity contribution in [2.24, 2.45) is 0 Å². The Kier molecular flexibility index (Phi) is 4.81. The Bertz CT molecular complexity index is 910. The second-order valence-electron chi connectivity index (χ2n) is 6.87. The molecule has 140 valence electrons. The van der Waals surface area contributed by atoms with E-state index in [-0.39, 0.29) is 18.7 Å². The van der Waals surface area contributed by atoms with Crippen LogP contribution in [0.3, 0.4) is 0 Å². The first-order valence-corrected chi connectivity index (χ1v) is 9.18. The predicted molar refractivity (Wildman–Crippen MR) is 101 cm³/mol. The quantitative estimate of drug-likeness (QED) is 0.815. The van der Waals surface area contributed by atoms with Gasteiger partial charge in [-0.25, -0.2) is 9.59 Å². The van der Waals surface area contributed by atoms with Gasteiger partial charge < -0.3 is 20.1 Å². The van der Waals surface area contributed by atoms with E-state index in [0.29, 0.717) is 17.9 Å². The molecular formula is C21H22N2O4. The average Bonchev–Trinajstić information content (AvgIpc) is 3.18. The van der Waals surface area contributed by atoms with Crippen LogP contribution >= 0.6 is 0 Å². The number of ether oxygens (including phenoxy) is 2. The molecule has 0 saturated carbocycles. The first kappa shape index (κ1) is 17.5. The molecule has 2 heterocycles. The summed E-state index contributed by atoms with van der Waals surface area (Å²) >= 11 is 0. The molecule has 0 radical (unpaired) electrons. The van der Waals surface area contributed by atoms with E-state index >= 15 is 0 Å². The largest absolute Gasteiger partial charge is 0.459 e. The lowest BCUT2D eigenvalue weighted by molar-refractivity contribution is -0.142. The summed E-state index contributed by atoms with van der Waals surface area (Å²) in [5.74, 6) is -0.437. The number of rotatable bonds is 4. The highest BCUT2D eigenvalue weighted by atomic mass is 16.6. The highest BCUT2D eigenvalue weighted by Gasteiger charge is 2.33. The van der Waals surface area contributed by atoms with Crippen molar-refractivity contribution in [2.75, 3.05) is 13.2 Å². The van der Waals surface area contributed by atoms with Gasteiger partial charge in [-0.2, -0.15) is 0 Å². The Morgan fingerprint density at radius 2 is 2.04 bits per heavy atom. The minimum atomic E-state index is -0.568. The zero-order chi connectivity index (χ0) is 18.8. The van der Waals surface area contributed by atoms with Crippen LogP contribution in [-0.4, -0.2) is 31.3 Å². The van der Waals surface area contributed by atoms with Crippen LogP contribution in [0.4, 0.5) is 4.79 Å². The molecule has 2 aromatic rings. The van der Waals surface area contributed by atoms with Gasteiger partial charge in [-0.3, -0.25) is 0 Å². The minimum Gasteiger partial charge on any atom is -0.459 e. The summed E-state index contributed by atoms with van der Waals surface area (Å²) in [6, 6.07) is 12.9. The van der Waals surface area contributed by atoms with Gasteiger partial charge in [0, 0.05) is 12.3 Å². The normalized spacial score (nSPS) is 22.5. The van der Waals surface area contributed by atoms with E-state index < -0.39 is 12.0 Å². The Hall–Kier alpha value is -2.86. The molecular weight excluding hydrogens is 344 g/mol. The van der Waals surface area contributed by atoms with Gasteiger partial charge in [-0.1, -0.05) is 42.5 Å². The number of hydrogen-bond acceptors (Lipinski definition) is 4. The van der Waals surface area contributed by atoms with Gasteiger partial charge in [0.1, 0.15) is 6.61 Å². The van der Waals surface area contributed by atoms with Crippen LogP contribution in [0.2, 0.25) is 0 Å². The van der Waals surface area contributed by atoms with Gasteiger partial charge in [-0.15, -0.1) is 0 Å². The molecule has 0 aromatic heterocycles. The molecule has 2 aliphatic heterocycles. The highest BCUT2D eigenvalue weighted by Crippen LogP contribution is 2.32. The van der Waals surface area contributed by atoms with Crippen molar-refractivity contribution < 1.29 is 19.1 Å². The van der Waals surface area contributed by atoms with E-state index in [1.165, 1.54) is 0 Å². The highest BCUT2D eigenvalue weighted by molar-refractivity contribution is 5.97. The first-order valence-electron chi connectivity index (χ1n) is 9.18. The number of carbonyl (C=O) groups excluding carboxylic acids is 2. The number of fused-ring (bicyclic) bond motifs is 1. The van der Waals surface area contributed by atoms with Gasteiger partial charge in [0.05, 0.1) is 17.7 Å². The standard InChI is InChI=1S/C21H22N2O4/c1-13-18(20(24)27-12-15-8-5-11-26-15)19(23-21(25)22-13)17-10-4-7-14-6-2-3-9-16(14)17/h2-4,6-7,9-10,15,19H,5,8,11-12H2,1H3,(H2,22,23,25). The summed E-state index contributed by atoms with van der Waals surface area (Å²) in [6.07, 6.45) is 1.84. The van der Waals surface area contributed by atoms with E-state index in [9.17, 15) is 9.59 Å². The van der Waals surface area contributed by atoms with Crippen molar-refractivity contribution in [3.63, 3.8) is 0 Å². The van der Waals surface area contributed by atoms with Crippen LogP contribution < -0.4 is 10.6 Å². The van der Waals surface area contributed by atoms with Crippen LogP contribution in [0, 0.1) is 0 Å². The Balaban J connectivity index is 1.67. The van der Waals surface area contributed by atoms with Gasteiger partial charge in [0.25, 0.3) is 0 Å². The molecule has 2 aliphatic rings. The van der Waals surface area contributed by atoms with E-state index in [1.54, 1.807) is 6.92 Å². The molecule has 4 rings (SSSR count). The van der Waals surface area contributed by atoms with Crippen LogP contribution in [0.25, 0.3) is 10.8 Å². The monoisotopic (exact) mass is 366 g/mol. The molecule has 1 saturated heterocycles. The number of nitrogens with one attached hydrogen (secondary N) is 2. The summed E-state index contributed by atoms with van der Waals surface area (Å²) in [6.45, 7) is 2.66. The number of urea groups is 1. The molecule has 6 nitrogen and oxygen atoms in total. The molecule has 2 N–H and O–H groups in total. The van der Waals surface area contributed by atoms with Crippen molar-refractivity contribution in [3.8, 4) is 0 Å². The van der Waals surface area contributed by atoms with Crippen molar-refractivity contribution in [2.45, 2.75) is 31.9 Å². The predicted octanol–water partition coefficient (Wildman–Crippen LogP) is 3.19. The summed E-state index contributed by atoms with van der Waals surface area (Å²) in [5, 5.41) is 7.60. The summed E-state index contributed by atoms with van der Waals surface area (Å²) in [4.78, 5) is 25.0. The molecule has 6 heteroatoms. The van der Waals surface area contributed by atoms with Crippen LogP contribution in [-0.2, 0) is 14.3 Å². The molecule has 2 aromatic carbocycles. The Morgan fingerprint density at radius 1 is 1.22 bits per heavy atom. The lowest BCUT2D eigenvalue weighted by Crippen LogP contribution is -2.45. The molecule has 27 heavy (non-hydrogen) atoms. The number of esters is 1. The summed E-state index contributed by atoms with van der Waals surface area (Å²) in [5.41, 5.74) is 1.80. The summed E-state index contributed by atoms with van der Waals surface area (Å²) < 4.78 is 11.0. The van der Waals surface area contributed by atoms with E-state index in [4.69, 9.17) is 9.47 Å². The lowest BCUT2D eigenvalue weighted by atomic mass is 9.91. The van der Waals surface area contributed by atoms with Gasteiger partial charge >= 0.3 is 12.0 Å². The second-order valence-corrected chi connectivity index (χ2v) is 6.87. The maximum absolute atomic E-state index is 12.9. The number of carbonyl (C=O) groups is 2. The maximum atomic E-state index is 12.9. The third kappa shape index (κ3) is 3.53.